The molecule has 0 bridgehead atoms. The van der Waals surface area contributed by atoms with E-state index in [0.717, 1.165) is 28.5 Å². The molecule has 0 aliphatic heterocycles. The highest BCUT2D eigenvalue weighted by atomic mass is 35.5. The molecule has 0 amide bonds. The average molecular weight is 355 g/mol. The molecule has 0 N–H and O–H groups in total. The van der Waals surface area contributed by atoms with Gasteiger partial charge in [-0.2, -0.15) is 0 Å². The van der Waals surface area contributed by atoms with Gasteiger partial charge in [-0.05, 0) is 35.7 Å². The van der Waals surface area contributed by atoms with Crippen LogP contribution in [0.25, 0.3) is 10.9 Å². The first-order valence-corrected chi connectivity index (χ1v) is 8.82. The molecule has 0 saturated heterocycles. The van der Waals surface area contributed by atoms with Crippen LogP contribution in [-0.2, 0) is 13.5 Å². The molecule has 3 aromatic rings. The highest BCUT2D eigenvalue weighted by molar-refractivity contribution is 6.30. The van der Waals surface area contributed by atoms with Crippen molar-refractivity contribution in [3.8, 4) is 0 Å². The minimum absolute atomic E-state index is 0.0359. The maximum Gasteiger partial charge on any atom is 0.226 e. The molecule has 3 atom stereocenters. The Bertz CT molecular complexity index is 962. The summed E-state index contributed by atoms with van der Waals surface area (Å²) in [5.41, 5.74) is 4.38. The largest absolute Gasteiger partial charge is 0.347 e. The number of fused-ring (bicyclic) bond motifs is 3. The molecular formula is C20H19ClN2O2. The third-order valence-corrected chi connectivity index (χ3v) is 5.75. The fourth-order valence-electron chi connectivity index (χ4n) is 4.36. The minimum atomic E-state index is -0.639. The van der Waals surface area contributed by atoms with Gasteiger partial charge in [0.25, 0.3) is 0 Å². The molecule has 0 fully saturated rings. The van der Waals surface area contributed by atoms with Crippen LogP contribution in [0.5, 0.6) is 0 Å². The molecule has 2 aromatic carbocycles. The normalized spacial score (nSPS) is 22.8. The summed E-state index contributed by atoms with van der Waals surface area (Å²) in [6.07, 6.45) is 0.719. The second kappa shape index (κ2) is 5.88. The van der Waals surface area contributed by atoms with Gasteiger partial charge in [0.05, 0.1) is 5.92 Å². The van der Waals surface area contributed by atoms with E-state index in [1.54, 1.807) is 0 Å². The first kappa shape index (κ1) is 16.2. The maximum absolute atomic E-state index is 11.9. The molecule has 25 heavy (non-hydrogen) atoms. The van der Waals surface area contributed by atoms with Crippen molar-refractivity contribution in [3.63, 3.8) is 0 Å². The fraction of sp³-hybridized carbons (Fsp3) is 0.300. The van der Waals surface area contributed by atoms with Crippen LogP contribution in [0.3, 0.4) is 0 Å². The van der Waals surface area contributed by atoms with E-state index in [-0.39, 0.29) is 16.8 Å². The van der Waals surface area contributed by atoms with Crippen LogP contribution in [0.15, 0.2) is 48.5 Å². The summed E-state index contributed by atoms with van der Waals surface area (Å²) in [4.78, 5) is 11.8. The number of hydrogen-bond acceptors (Lipinski definition) is 2. The van der Waals surface area contributed by atoms with Crippen LogP contribution in [0, 0.1) is 16.0 Å². The second-order valence-corrected chi connectivity index (χ2v) is 7.36. The predicted octanol–water partition coefficient (Wildman–Crippen LogP) is 4.80. The van der Waals surface area contributed by atoms with Crippen LogP contribution < -0.4 is 0 Å². The van der Waals surface area contributed by atoms with Gasteiger partial charge >= 0.3 is 0 Å². The summed E-state index contributed by atoms with van der Waals surface area (Å²) in [6, 6.07) is 15.0. The van der Waals surface area contributed by atoms with Crippen LogP contribution in [0.1, 0.15) is 29.7 Å². The molecule has 0 spiro atoms. The summed E-state index contributed by atoms with van der Waals surface area (Å²) >= 11 is 6.04. The van der Waals surface area contributed by atoms with Crippen molar-refractivity contribution in [1.82, 2.24) is 4.57 Å². The number of para-hydroxylation sites is 1. The molecular weight excluding hydrogens is 336 g/mol. The van der Waals surface area contributed by atoms with Gasteiger partial charge in [-0.15, -0.1) is 0 Å². The lowest BCUT2D eigenvalue weighted by molar-refractivity contribution is -0.535. The first-order valence-electron chi connectivity index (χ1n) is 8.44. The summed E-state index contributed by atoms with van der Waals surface area (Å²) in [5.74, 6) is -0.302. The van der Waals surface area contributed by atoms with E-state index in [1.165, 1.54) is 5.69 Å². The Morgan fingerprint density at radius 2 is 1.84 bits per heavy atom. The van der Waals surface area contributed by atoms with Gasteiger partial charge in [0.15, 0.2) is 0 Å². The number of benzene rings is 2. The Labute approximate surface area is 151 Å². The Kier molecular flexibility index (Phi) is 3.80. The zero-order chi connectivity index (χ0) is 17.7. The van der Waals surface area contributed by atoms with E-state index in [4.69, 9.17) is 11.6 Å². The number of nitro groups is 1. The molecule has 4 nitrogen and oxygen atoms in total. The number of nitrogens with zero attached hydrogens (tertiary/aromatic N) is 2. The lowest BCUT2D eigenvalue weighted by Gasteiger charge is -2.32. The second-order valence-electron chi connectivity index (χ2n) is 6.92. The molecule has 0 unspecified atom stereocenters. The Morgan fingerprint density at radius 1 is 1.16 bits per heavy atom. The standard InChI is InChI=1S/C20H19ClN2O2/c1-12-11-17-19(15-5-3-4-6-16(15)22(17)2)18(20(12)23(24)25)13-7-9-14(21)10-8-13/h3-10,12,18,20H,11H2,1-2H3/t12-,18+,20+/m0/s1. The third-order valence-electron chi connectivity index (χ3n) is 5.49. The average Bonchev–Trinajstić information content (AvgIpc) is 2.87. The van der Waals surface area contributed by atoms with Gasteiger partial charge in [-0.3, -0.25) is 10.1 Å². The van der Waals surface area contributed by atoms with E-state index < -0.39 is 6.04 Å². The Morgan fingerprint density at radius 3 is 2.52 bits per heavy atom. The number of aromatic nitrogens is 1. The van der Waals surface area contributed by atoms with Crippen molar-refractivity contribution in [3.05, 3.63) is 80.5 Å². The van der Waals surface area contributed by atoms with Crippen molar-refractivity contribution in [2.75, 3.05) is 0 Å². The van der Waals surface area contributed by atoms with Crippen LogP contribution >= 0.6 is 11.6 Å². The fourth-order valence-corrected chi connectivity index (χ4v) is 4.48. The lowest BCUT2D eigenvalue weighted by atomic mass is 9.72. The van der Waals surface area contributed by atoms with E-state index in [2.05, 4.69) is 23.7 Å². The SMILES string of the molecule is C[C@H]1Cc2c(c3ccccc3n2C)[C@@H](c2ccc(Cl)cc2)[C@@H]1[N+](=O)[O-]. The van der Waals surface area contributed by atoms with E-state index in [9.17, 15) is 10.1 Å². The minimum Gasteiger partial charge on any atom is -0.347 e. The summed E-state index contributed by atoms with van der Waals surface area (Å²) in [5, 5.41) is 13.7. The van der Waals surface area contributed by atoms with Gasteiger partial charge < -0.3 is 4.57 Å². The third kappa shape index (κ3) is 2.44. The van der Waals surface area contributed by atoms with Gasteiger partial charge in [0.1, 0.15) is 0 Å². The molecule has 1 aromatic heterocycles. The predicted molar refractivity (Wildman–Crippen MR) is 99.9 cm³/mol. The summed E-state index contributed by atoms with van der Waals surface area (Å²) < 4.78 is 2.19. The monoisotopic (exact) mass is 354 g/mol. The van der Waals surface area contributed by atoms with Crippen LogP contribution in [0.2, 0.25) is 5.02 Å². The smallest absolute Gasteiger partial charge is 0.226 e. The number of aryl methyl sites for hydroxylation is 1. The molecule has 1 aliphatic carbocycles. The zero-order valence-electron chi connectivity index (χ0n) is 14.1. The van der Waals surface area contributed by atoms with Crippen LogP contribution in [-0.4, -0.2) is 15.5 Å². The zero-order valence-corrected chi connectivity index (χ0v) is 14.9. The van der Waals surface area contributed by atoms with Crippen LogP contribution in [0.4, 0.5) is 0 Å². The van der Waals surface area contributed by atoms with Gasteiger partial charge in [0, 0.05) is 39.5 Å². The topological polar surface area (TPSA) is 48.1 Å². The van der Waals surface area contributed by atoms with E-state index >= 15 is 0 Å². The highest BCUT2D eigenvalue weighted by Crippen LogP contribution is 2.45. The quantitative estimate of drug-likeness (QED) is 0.490. The van der Waals surface area contributed by atoms with Crippen molar-refractivity contribution >= 4 is 22.5 Å². The Hall–Kier alpha value is -2.33. The van der Waals surface area contributed by atoms with Gasteiger partial charge in [-0.25, -0.2) is 0 Å². The maximum atomic E-state index is 11.9. The van der Waals surface area contributed by atoms with Crippen molar-refractivity contribution in [2.24, 2.45) is 13.0 Å². The molecule has 1 heterocycles. The molecule has 1 aliphatic rings. The van der Waals surface area contributed by atoms with Gasteiger partial charge in [-0.1, -0.05) is 48.9 Å². The van der Waals surface area contributed by atoms with Gasteiger partial charge in [0.2, 0.25) is 6.04 Å². The number of halogens is 1. The molecule has 4 rings (SSSR count). The number of hydrogen-bond donors (Lipinski definition) is 0. The molecule has 5 heteroatoms. The molecule has 128 valence electrons. The number of rotatable bonds is 2. The highest BCUT2D eigenvalue weighted by Gasteiger charge is 2.45. The molecule has 0 radical (unpaired) electrons. The van der Waals surface area contributed by atoms with Crippen molar-refractivity contribution in [1.29, 1.82) is 0 Å². The van der Waals surface area contributed by atoms with E-state index in [0.29, 0.717) is 5.02 Å². The van der Waals surface area contributed by atoms with Crippen molar-refractivity contribution < 1.29 is 4.92 Å². The van der Waals surface area contributed by atoms with E-state index in [1.807, 2.05) is 43.3 Å². The van der Waals surface area contributed by atoms with Crippen molar-refractivity contribution in [2.45, 2.75) is 25.3 Å². The first-order chi connectivity index (χ1) is 12.0. The Balaban J connectivity index is 2.03. The molecule has 0 saturated carbocycles. The summed E-state index contributed by atoms with van der Waals surface area (Å²) in [7, 11) is 2.05. The summed E-state index contributed by atoms with van der Waals surface area (Å²) in [6.45, 7) is 1.98. The lowest BCUT2D eigenvalue weighted by Crippen LogP contribution is -2.39.